The fraction of sp³-hybridized carbons (Fsp3) is 0.0556. The number of benzene rings is 3. The average Bonchev–Trinajstić information content (AvgIpc) is 2.59. The number of carbonyl (C=O) groups excluding carboxylic acids is 1. The van der Waals surface area contributed by atoms with Crippen molar-refractivity contribution in [2.45, 2.75) is 6.18 Å². The Kier molecular flexibility index (Phi) is 3.99. The molecule has 6 heteroatoms. The molecule has 0 saturated carbocycles. The molecule has 3 rings (SSSR count). The predicted octanol–water partition coefficient (Wildman–Crippen LogP) is 4.89. The van der Waals surface area contributed by atoms with E-state index in [1.165, 1.54) is 0 Å². The van der Waals surface area contributed by atoms with Crippen molar-refractivity contribution >= 4 is 22.4 Å². The van der Waals surface area contributed by atoms with Gasteiger partial charge in [0.05, 0.1) is 11.3 Å². The molecule has 3 aromatic rings. The summed E-state index contributed by atoms with van der Waals surface area (Å²) in [6.45, 7) is 0. The van der Waals surface area contributed by atoms with E-state index in [2.05, 4.69) is 0 Å². The summed E-state index contributed by atoms with van der Waals surface area (Å²) in [5.74, 6) is -0.805. The summed E-state index contributed by atoms with van der Waals surface area (Å²) < 4.78 is 37.7. The zero-order chi connectivity index (χ0) is 17.3. The lowest BCUT2D eigenvalue weighted by Gasteiger charge is -2.17. The van der Waals surface area contributed by atoms with Crippen LogP contribution in [0.2, 0.25) is 0 Å². The Morgan fingerprint density at radius 3 is 2.17 bits per heavy atom. The minimum Gasteiger partial charge on any atom is -0.281 e. The molecule has 1 N–H and O–H groups in total. The van der Waals surface area contributed by atoms with Crippen molar-refractivity contribution in [1.29, 1.82) is 0 Å². The van der Waals surface area contributed by atoms with E-state index in [0.717, 1.165) is 29.7 Å². The summed E-state index contributed by atoms with van der Waals surface area (Å²) in [4.78, 5) is 12.3. The number of amides is 1. The van der Waals surface area contributed by atoms with Gasteiger partial charge < -0.3 is 0 Å². The topological polar surface area (TPSA) is 40.5 Å². The minimum absolute atomic E-state index is 0.0431. The van der Waals surface area contributed by atoms with Gasteiger partial charge in [0.15, 0.2) is 0 Å². The van der Waals surface area contributed by atoms with E-state index in [9.17, 15) is 23.2 Å². The van der Waals surface area contributed by atoms with Crippen molar-refractivity contribution in [1.82, 2.24) is 0 Å². The summed E-state index contributed by atoms with van der Waals surface area (Å²) >= 11 is 0. The fourth-order valence-electron chi connectivity index (χ4n) is 2.43. The van der Waals surface area contributed by atoms with Crippen LogP contribution in [0.25, 0.3) is 10.8 Å². The van der Waals surface area contributed by atoms with Crippen molar-refractivity contribution < 1.29 is 23.2 Å². The minimum atomic E-state index is -4.48. The van der Waals surface area contributed by atoms with Crippen LogP contribution in [-0.2, 0) is 6.18 Å². The van der Waals surface area contributed by atoms with Crippen LogP contribution >= 0.6 is 0 Å². The van der Waals surface area contributed by atoms with E-state index < -0.39 is 17.6 Å². The number of fused-ring (bicyclic) bond motifs is 1. The van der Waals surface area contributed by atoms with Gasteiger partial charge in [0, 0.05) is 10.9 Å². The number of hydrogen-bond acceptors (Lipinski definition) is 2. The van der Waals surface area contributed by atoms with Crippen LogP contribution in [0, 0.1) is 0 Å². The predicted molar refractivity (Wildman–Crippen MR) is 84.0 cm³/mol. The quantitative estimate of drug-likeness (QED) is 0.536. The number of hydrogen-bond donors (Lipinski definition) is 1. The third-order valence-electron chi connectivity index (χ3n) is 3.65. The first-order valence-corrected chi connectivity index (χ1v) is 7.06. The number of nitrogens with zero attached hydrogens (tertiary/aromatic N) is 1. The van der Waals surface area contributed by atoms with Crippen molar-refractivity contribution in [3.05, 3.63) is 77.9 Å². The molecule has 0 saturated heterocycles. The van der Waals surface area contributed by atoms with Gasteiger partial charge in [-0.15, -0.1) is 0 Å². The van der Waals surface area contributed by atoms with Gasteiger partial charge in [-0.1, -0.05) is 36.4 Å². The summed E-state index contributed by atoms with van der Waals surface area (Å²) in [6.07, 6.45) is -4.48. The molecular formula is C18H12F3NO2. The van der Waals surface area contributed by atoms with Gasteiger partial charge in [-0.05, 0) is 35.7 Å². The van der Waals surface area contributed by atoms with Crippen molar-refractivity contribution in [3.63, 3.8) is 0 Å². The van der Waals surface area contributed by atoms with Gasteiger partial charge in [0.2, 0.25) is 0 Å². The molecule has 0 fully saturated rings. The van der Waals surface area contributed by atoms with E-state index in [-0.39, 0.29) is 11.3 Å². The van der Waals surface area contributed by atoms with Crippen molar-refractivity contribution in [3.8, 4) is 0 Å². The van der Waals surface area contributed by atoms with Gasteiger partial charge in [0.1, 0.15) is 0 Å². The highest BCUT2D eigenvalue weighted by atomic mass is 19.4. The molecular weight excluding hydrogens is 319 g/mol. The number of alkyl halides is 3. The van der Waals surface area contributed by atoms with E-state index in [1.54, 1.807) is 24.3 Å². The van der Waals surface area contributed by atoms with Crippen LogP contribution in [0.3, 0.4) is 0 Å². The lowest BCUT2D eigenvalue weighted by atomic mass is 10.1. The van der Waals surface area contributed by atoms with Crippen LogP contribution < -0.4 is 5.06 Å². The molecule has 0 unspecified atom stereocenters. The first-order valence-electron chi connectivity index (χ1n) is 7.06. The second-order valence-electron chi connectivity index (χ2n) is 5.19. The molecule has 0 heterocycles. The van der Waals surface area contributed by atoms with Gasteiger partial charge in [0.25, 0.3) is 5.91 Å². The normalized spacial score (nSPS) is 11.5. The Morgan fingerprint density at radius 1 is 0.875 bits per heavy atom. The molecule has 0 radical (unpaired) electrons. The van der Waals surface area contributed by atoms with E-state index in [4.69, 9.17) is 0 Å². The van der Waals surface area contributed by atoms with Gasteiger partial charge in [-0.3, -0.25) is 10.0 Å². The van der Waals surface area contributed by atoms with Gasteiger partial charge in [-0.2, -0.15) is 18.2 Å². The van der Waals surface area contributed by atoms with E-state index >= 15 is 0 Å². The Balaban J connectivity index is 1.94. The Labute approximate surface area is 135 Å². The van der Waals surface area contributed by atoms with Crippen molar-refractivity contribution in [2.24, 2.45) is 0 Å². The van der Waals surface area contributed by atoms with Gasteiger partial charge >= 0.3 is 6.18 Å². The average molecular weight is 331 g/mol. The molecule has 1 amide bonds. The molecule has 0 aliphatic heterocycles. The lowest BCUT2D eigenvalue weighted by Crippen LogP contribution is -2.27. The first kappa shape index (κ1) is 16.0. The maximum absolute atomic E-state index is 12.6. The number of anilines is 1. The molecule has 0 aliphatic carbocycles. The number of rotatable bonds is 2. The van der Waals surface area contributed by atoms with Crippen LogP contribution in [0.15, 0.2) is 66.7 Å². The smallest absolute Gasteiger partial charge is 0.281 e. The second-order valence-corrected chi connectivity index (χ2v) is 5.19. The standard InChI is InChI=1S/C18H12F3NO2/c19-18(20,21)14-10-8-13(9-11-14)17(23)22(24)16-7-3-5-12-4-1-2-6-15(12)16/h1-11,24H. The molecule has 0 atom stereocenters. The SMILES string of the molecule is O=C(c1ccc(C(F)(F)F)cc1)N(O)c1cccc2ccccc12. The van der Waals surface area contributed by atoms with Crippen LogP contribution in [0.5, 0.6) is 0 Å². The summed E-state index contributed by atoms with van der Waals surface area (Å²) in [6, 6.07) is 15.9. The molecule has 122 valence electrons. The summed E-state index contributed by atoms with van der Waals surface area (Å²) in [5.41, 5.74) is -0.634. The molecule has 3 nitrogen and oxygen atoms in total. The highest BCUT2D eigenvalue weighted by molar-refractivity contribution is 6.09. The number of carbonyl (C=O) groups is 1. The molecule has 3 aromatic carbocycles. The first-order chi connectivity index (χ1) is 11.4. The highest BCUT2D eigenvalue weighted by Gasteiger charge is 2.30. The zero-order valence-electron chi connectivity index (χ0n) is 12.3. The van der Waals surface area contributed by atoms with E-state index in [1.807, 2.05) is 18.2 Å². The maximum Gasteiger partial charge on any atom is 0.416 e. The van der Waals surface area contributed by atoms with E-state index in [0.29, 0.717) is 10.4 Å². The molecule has 0 spiro atoms. The van der Waals surface area contributed by atoms with Crippen LogP contribution in [0.4, 0.5) is 18.9 Å². The largest absolute Gasteiger partial charge is 0.416 e. The van der Waals surface area contributed by atoms with Crippen LogP contribution in [0.1, 0.15) is 15.9 Å². The van der Waals surface area contributed by atoms with Crippen LogP contribution in [-0.4, -0.2) is 11.1 Å². The lowest BCUT2D eigenvalue weighted by molar-refractivity contribution is -0.137. The number of halogens is 3. The highest BCUT2D eigenvalue weighted by Crippen LogP contribution is 2.30. The Bertz CT molecular complexity index is 883. The zero-order valence-corrected chi connectivity index (χ0v) is 12.3. The third-order valence-corrected chi connectivity index (χ3v) is 3.65. The third kappa shape index (κ3) is 2.96. The Hall–Kier alpha value is -2.86. The fourth-order valence-corrected chi connectivity index (χ4v) is 2.43. The molecule has 0 aliphatic rings. The number of hydroxylamine groups is 1. The molecule has 0 bridgehead atoms. The van der Waals surface area contributed by atoms with Crippen molar-refractivity contribution in [2.75, 3.05) is 5.06 Å². The summed E-state index contributed by atoms with van der Waals surface area (Å²) in [7, 11) is 0. The monoisotopic (exact) mass is 331 g/mol. The summed E-state index contributed by atoms with van der Waals surface area (Å²) in [5, 5.41) is 12.2. The Morgan fingerprint density at radius 2 is 1.50 bits per heavy atom. The molecule has 0 aromatic heterocycles. The maximum atomic E-state index is 12.6. The molecule has 24 heavy (non-hydrogen) atoms. The second kappa shape index (κ2) is 5.98. The van der Waals surface area contributed by atoms with Gasteiger partial charge in [-0.25, -0.2) is 0 Å².